The van der Waals surface area contributed by atoms with Gasteiger partial charge in [0.25, 0.3) is 0 Å². The molecule has 2 saturated heterocycles. The third kappa shape index (κ3) is 3.91. The van der Waals surface area contributed by atoms with Crippen molar-refractivity contribution in [3.05, 3.63) is 144 Å². The summed E-state index contributed by atoms with van der Waals surface area (Å²) in [6.07, 6.45) is 0. The molecule has 33 heavy (non-hydrogen) atoms. The van der Waals surface area contributed by atoms with Gasteiger partial charge >= 0.3 is 0 Å². The van der Waals surface area contributed by atoms with E-state index >= 15 is 0 Å². The Morgan fingerprint density at radius 3 is 1.06 bits per heavy atom. The van der Waals surface area contributed by atoms with Crippen LogP contribution in [0.4, 0.5) is 0 Å². The van der Waals surface area contributed by atoms with E-state index in [9.17, 15) is 0 Å². The molecule has 6 rings (SSSR count). The van der Waals surface area contributed by atoms with Crippen LogP contribution in [0.5, 0.6) is 0 Å². The highest BCUT2D eigenvalue weighted by atomic mass is 32.2. The fourth-order valence-corrected chi connectivity index (χ4v) is 8.86. The van der Waals surface area contributed by atoms with Crippen LogP contribution >= 0.6 is 23.5 Å². The second-order valence-electron chi connectivity index (χ2n) is 8.56. The van der Waals surface area contributed by atoms with Crippen molar-refractivity contribution >= 4 is 23.5 Å². The second-order valence-corrected chi connectivity index (χ2v) is 11.6. The smallest absolute Gasteiger partial charge is 0.104 e. The molecule has 0 aromatic heterocycles. The first-order valence-corrected chi connectivity index (χ1v) is 13.2. The van der Waals surface area contributed by atoms with E-state index in [1.165, 1.54) is 22.3 Å². The first-order valence-electron chi connectivity index (χ1n) is 11.4. The lowest BCUT2D eigenvalue weighted by molar-refractivity contribution is 0.438. The van der Waals surface area contributed by atoms with Gasteiger partial charge in [0, 0.05) is 0 Å². The molecule has 0 saturated carbocycles. The van der Waals surface area contributed by atoms with Crippen molar-refractivity contribution in [2.75, 3.05) is 0 Å². The Kier molecular flexibility index (Phi) is 5.77. The Morgan fingerprint density at radius 2 is 0.727 bits per heavy atom. The highest BCUT2D eigenvalue weighted by Gasteiger charge is 2.59. The van der Waals surface area contributed by atoms with Gasteiger partial charge in [0.2, 0.25) is 0 Å². The molecule has 2 aliphatic rings. The van der Waals surface area contributed by atoms with Crippen molar-refractivity contribution in [3.8, 4) is 0 Å². The Bertz CT molecular complexity index is 1090. The molecular formula is C29H26N2S2. The quantitative estimate of drug-likeness (QED) is 0.331. The topological polar surface area (TPSA) is 24.1 Å². The minimum Gasteiger partial charge on any atom is -0.292 e. The van der Waals surface area contributed by atoms with E-state index in [4.69, 9.17) is 0 Å². The fraction of sp³-hybridized carbons (Fsp3) is 0.172. The van der Waals surface area contributed by atoms with Gasteiger partial charge in [-0.3, -0.25) is 10.6 Å². The van der Waals surface area contributed by atoms with E-state index in [0.717, 1.165) is 0 Å². The van der Waals surface area contributed by atoms with Crippen LogP contribution in [0.2, 0.25) is 0 Å². The predicted octanol–water partition coefficient (Wildman–Crippen LogP) is 7.24. The number of thioether (sulfide) groups is 2. The minimum atomic E-state index is -0.107. The van der Waals surface area contributed by atoms with Gasteiger partial charge in [0.1, 0.15) is 4.08 Å². The molecule has 2 N–H and O–H groups in total. The molecule has 4 aromatic carbocycles. The molecular weight excluding hydrogens is 440 g/mol. The van der Waals surface area contributed by atoms with Crippen LogP contribution in [-0.2, 0) is 0 Å². The molecule has 0 bridgehead atoms. The monoisotopic (exact) mass is 466 g/mol. The molecule has 0 radical (unpaired) electrons. The first-order chi connectivity index (χ1) is 16.3. The van der Waals surface area contributed by atoms with Gasteiger partial charge in [0.05, 0.1) is 22.8 Å². The average Bonchev–Trinajstić information content (AvgIpc) is 3.48. The van der Waals surface area contributed by atoms with Crippen LogP contribution in [-0.4, -0.2) is 4.08 Å². The number of nitrogens with one attached hydrogen (secondary N) is 2. The molecule has 2 fully saturated rings. The van der Waals surface area contributed by atoms with Crippen LogP contribution in [0.3, 0.4) is 0 Å². The van der Waals surface area contributed by atoms with E-state index in [-0.39, 0.29) is 26.9 Å². The molecule has 2 nitrogen and oxygen atoms in total. The molecule has 2 aliphatic heterocycles. The number of hydrogen-bond donors (Lipinski definition) is 2. The Balaban J connectivity index is 1.48. The maximum atomic E-state index is 4.03. The normalized spacial score (nSPS) is 28.8. The van der Waals surface area contributed by atoms with E-state index in [1.807, 2.05) is 0 Å². The lowest BCUT2D eigenvalue weighted by Crippen LogP contribution is -2.37. The zero-order chi connectivity index (χ0) is 22.1. The highest BCUT2D eigenvalue weighted by molar-refractivity contribution is 8.19. The number of hydrogen-bond acceptors (Lipinski definition) is 4. The third-order valence-electron chi connectivity index (χ3n) is 6.52. The van der Waals surface area contributed by atoms with Crippen molar-refractivity contribution < 1.29 is 0 Å². The standard InChI is InChI=1S/C29H26N2S2/c1-5-13-21(14-6-1)25-29(32-27(30-25)23-17-9-3-10-18-23)26(22-15-7-2-8-16-22)31-28(33-29)24-19-11-4-12-20-24/h1-20,25-28,30-31H. The predicted molar refractivity (Wildman–Crippen MR) is 141 cm³/mol. The Labute approximate surface area is 204 Å². The van der Waals surface area contributed by atoms with Crippen molar-refractivity contribution in [2.45, 2.75) is 26.9 Å². The SMILES string of the molecule is c1ccc(C2NC(c3ccccc3)C3(S2)SC(c2ccccc2)NC3c2ccccc2)cc1. The zero-order valence-electron chi connectivity index (χ0n) is 18.2. The van der Waals surface area contributed by atoms with Gasteiger partial charge in [-0.05, 0) is 22.3 Å². The van der Waals surface area contributed by atoms with Crippen molar-refractivity contribution in [1.82, 2.24) is 10.6 Å². The minimum absolute atomic E-state index is 0.107. The molecule has 2 heterocycles. The van der Waals surface area contributed by atoms with Gasteiger partial charge in [-0.1, -0.05) is 121 Å². The van der Waals surface area contributed by atoms with Crippen LogP contribution in [0.25, 0.3) is 0 Å². The van der Waals surface area contributed by atoms with Gasteiger partial charge in [-0.15, -0.1) is 23.5 Å². The second kappa shape index (κ2) is 9.03. The van der Waals surface area contributed by atoms with Gasteiger partial charge < -0.3 is 0 Å². The zero-order valence-corrected chi connectivity index (χ0v) is 19.8. The lowest BCUT2D eigenvalue weighted by atomic mass is 9.93. The van der Waals surface area contributed by atoms with Gasteiger partial charge in [-0.25, -0.2) is 0 Å². The molecule has 4 heteroatoms. The van der Waals surface area contributed by atoms with Gasteiger partial charge in [0.15, 0.2) is 0 Å². The summed E-state index contributed by atoms with van der Waals surface area (Å²) in [4.78, 5) is 0. The summed E-state index contributed by atoms with van der Waals surface area (Å²) in [7, 11) is 0. The van der Waals surface area contributed by atoms with Gasteiger partial charge in [-0.2, -0.15) is 0 Å². The van der Waals surface area contributed by atoms with E-state index in [1.54, 1.807) is 0 Å². The van der Waals surface area contributed by atoms with Crippen LogP contribution in [0, 0.1) is 0 Å². The number of benzene rings is 4. The summed E-state index contributed by atoms with van der Waals surface area (Å²) in [5.74, 6) is 0. The van der Waals surface area contributed by atoms with E-state index in [0.29, 0.717) is 0 Å². The van der Waals surface area contributed by atoms with Crippen LogP contribution in [0.1, 0.15) is 45.1 Å². The molecule has 0 amide bonds. The molecule has 1 spiro atoms. The Hall–Kier alpha value is -2.50. The summed E-state index contributed by atoms with van der Waals surface area (Å²) in [6, 6.07) is 44.0. The maximum absolute atomic E-state index is 4.03. The first kappa shape index (κ1) is 21.1. The molecule has 164 valence electrons. The van der Waals surface area contributed by atoms with Crippen molar-refractivity contribution in [1.29, 1.82) is 0 Å². The lowest BCUT2D eigenvalue weighted by Gasteiger charge is -2.35. The third-order valence-corrected chi connectivity index (χ3v) is 10.1. The molecule has 4 atom stereocenters. The summed E-state index contributed by atoms with van der Waals surface area (Å²) in [5.41, 5.74) is 5.34. The van der Waals surface area contributed by atoms with Crippen molar-refractivity contribution in [3.63, 3.8) is 0 Å². The highest BCUT2D eigenvalue weighted by Crippen LogP contribution is 2.69. The fourth-order valence-electron chi connectivity index (χ4n) is 4.97. The summed E-state index contributed by atoms with van der Waals surface area (Å²) >= 11 is 4.13. The molecule has 4 unspecified atom stereocenters. The average molecular weight is 467 g/mol. The Morgan fingerprint density at radius 1 is 0.424 bits per heavy atom. The summed E-state index contributed by atoms with van der Waals surface area (Å²) in [5, 5.41) is 8.52. The molecule has 4 aromatic rings. The maximum Gasteiger partial charge on any atom is 0.104 e. The van der Waals surface area contributed by atoms with E-state index in [2.05, 4.69) is 155 Å². The molecule has 0 aliphatic carbocycles. The summed E-state index contributed by atoms with van der Waals surface area (Å²) < 4.78 is -0.107. The summed E-state index contributed by atoms with van der Waals surface area (Å²) in [6.45, 7) is 0. The van der Waals surface area contributed by atoms with Crippen LogP contribution < -0.4 is 10.6 Å². The number of rotatable bonds is 4. The van der Waals surface area contributed by atoms with Crippen LogP contribution in [0.15, 0.2) is 121 Å². The largest absolute Gasteiger partial charge is 0.292 e. The van der Waals surface area contributed by atoms with Crippen molar-refractivity contribution in [2.24, 2.45) is 0 Å². The van der Waals surface area contributed by atoms with E-state index < -0.39 is 0 Å².